The molecule has 5 rings (SSSR count). The van der Waals surface area contributed by atoms with E-state index >= 15 is 0 Å². The molecule has 1 atom stereocenters. The van der Waals surface area contributed by atoms with Gasteiger partial charge in [-0.05, 0) is 90.6 Å². The van der Waals surface area contributed by atoms with Gasteiger partial charge >= 0.3 is 0 Å². The predicted molar refractivity (Wildman–Crippen MR) is 135 cm³/mol. The third-order valence-electron chi connectivity index (χ3n) is 8.12. The highest BCUT2D eigenvalue weighted by molar-refractivity contribution is 5.80. The van der Waals surface area contributed by atoms with Crippen LogP contribution in [0.25, 0.3) is 10.9 Å². The first kappa shape index (κ1) is 23.2. The number of nitrogens with one attached hydrogen (secondary N) is 1. The van der Waals surface area contributed by atoms with Crippen LogP contribution < -0.4 is 5.56 Å². The minimum absolute atomic E-state index is 0.0108. The molecule has 0 aliphatic heterocycles. The van der Waals surface area contributed by atoms with Crippen LogP contribution in [0, 0.1) is 19.8 Å². The molecule has 2 heterocycles. The topological polar surface area (TPSA) is 79.7 Å². The largest absolute Gasteiger partial charge is 0.322 e. The summed E-state index contributed by atoms with van der Waals surface area (Å²) in [7, 11) is 0. The van der Waals surface area contributed by atoms with Gasteiger partial charge in [0, 0.05) is 23.7 Å². The molecule has 0 saturated heterocycles. The van der Waals surface area contributed by atoms with Crippen molar-refractivity contribution in [3.8, 4) is 0 Å². The number of aromatic amines is 1. The van der Waals surface area contributed by atoms with Crippen LogP contribution in [0.1, 0.15) is 99.8 Å². The van der Waals surface area contributed by atoms with Gasteiger partial charge in [-0.15, -0.1) is 5.10 Å². The lowest BCUT2D eigenvalue weighted by Crippen LogP contribution is -2.41. The maximum atomic E-state index is 13.2. The average molecular weight is 463 g/mol. The van der Waals surface area contributed by atoms with E-state index in [0.717, 1.165) is 48.0 Å². The van der Waals surface area contributed by atoms with E-state index in [9.17, 15) is 4.79 Å². The standard InChI is InChI=1S/C27H38N6O/c1-17(2)25(26-29-30-31-33(26)23-11-7-8-12-23)32(22-9-5-6-10-22)16-21-15-20-13-18(3)19(4)14-24(20)28-27(21)34/h13-15,17,22-23,25H,5-12,16H2,1-4H3,(H,28,34)/t25-/m0/s1. The second-order valence-electron chi connectivity index (χ2n) is 10.9. The van der Waals surface area contributed by atoms with E-state index in [2.05, 4.69) is 76.0 Å². The van der Waals surface area contributed by atoms with Gasteiger partial charge in [-0.2, -0.15) is 0 Å². The Balaban J connectivity index is 1.55. The molecule has 2 fully saturated rings. The highest BCUT2D eigenvalue weighted by Gasteiger charge is 2.36. The molecular weight excluding hydrogens is 424 g/mol. The quantitative estimate of drug-likeness (QED) is 0.509. The van der Waals surface area contributed by atoms with Crippen molar-refractivity contribution >= 4 is 10.9 Å². The summed E-state index contributed by atoms with van der Waals surface area (Å²) in [6, 6.07) is 7.28. The molecule has 0 radical (unpaired) electrons. The molecule has 2 aromatic heterocycles. The monoisotopic (exact) mass is 462 g/mol. The Labute approximate surface area is 201 Å². The van der Waals surface area contributed by atoms with Crippen molar-refractivity contribution in [2.45, 2.75) is 104 Å². The highest BCUT2D eigenvalue weighted by atomic mass is 16.1. The molecule has 0 amide bonds. The van der Waals surface area contributed by atoms with E-state index < -0.39 is 0 Å². The first-order valence-corrected chi connectivity index (χ1v) is 13.1. The maximum Gasteiger partial charge on any atom is 0.252 e. The Morgan fingerprint density at radius 1 is 1.03 bits per heavy atom. The molecule has 7 nitrogen and oxygen atoms in total. The molecule has 182 valence electrons. The van der Waals surface area contributed by atoms with E-state index in [4.69, 9.17) is 0 Å². The van der Waals surface area contributed by atoms with E-state index in [1.54, 1.807) is 0 Å². The van der Waals surface area contributed by atoms with E-state index in [1.807, 2.05) is 0 Å². The maximum absolute atomic E-state index is 13.2. The molecule has 0 bridgehead atoms. The van der Waals surface area contributed by atoms with Gasteiger partial charge in [0.05, 0.1) is 12.1 Å². The third kappa shape index (κ3) is 4.42. The van der Waals surface area contributed by atoms with Gasteiger partial charge in [0.1, 0.15) is 0 Å². The van der Waals surface area contributed by atoms with Crippen molar-refractivity contribution in [2.75, 3.05) is 0 Å². The number of aromatic nitrogens is 5. The summed E-state index contributed by atoms with van der Waals surface area (Å²) in [4.78, 5) is 18.9. The molecule has 0 unspecified atom stereocenters. The normalized spacial score (nSPS) is 18.6. The van der Waals surface area contributed by atoms with Gasteiger partial charge in [0.15, 0.2) is 5.82 Å². The lowest BCUT2D eigenvalue weighted by molar-refractivity contribution is 0.0826. The fraction of sp³-hybridized carbons (Fsp3) is 0.630. The summed E-state index contributed by atoms with van der Waals surface area (Å²) in [5.74, 6) is 1.30. The minimum atomic E-state index is 0.0108. The molecule has 1 aromatic carbocycles. The van der Waals surface area contributed by atoms with Crippen molar-refractivity contribution in [3.05, 3.63) is 51.1 Å². The second-order valence-corrected chi connectivity index (χ2v) is 10.9. The summed E-state index contributed by atoms with van der Waals surface area (Å²) < 4.78 is 2.11. The first-order valence-electron chi connectivity index (χ1n) is 13.1. The van der Waals surface area contributed by atoms with Crippen LogP contribution in [0.4, 0.5) is 0 Å². The Bertz CT molecular complexity index is 1200. The van der Waals surface area contributed by atoms with E-state index in [0.29, 0.717) is 24.5 Å². The van der Waals surface area contributed by atoms with Gasteiger partial charge in [-0.3, -0.25) is 9.69 Å². The molecular formula is C27H38N6O. The van der Waals surface area contributed by atoms with Crippen LogP contribution >= 0.6 is 0 Å². The zero-order valence-corrected chi connectivity index (χ0v) is 21.0. The Hall–Kier alpha value is -2.54. The molecule has 3 aromatic rings. The van der Waals surface area contributed by atoms with Crippen molar-refractivity contribution in [3.63, 3.8) is 0 Å². The highest BCUT2D eigenvalue weighted by Crippen LogP contribution is 2.38. The van der Waals surface area contributed by atoms with Crippen LogP contribution in [-0.2, 0) is 6.54 Å². The number of pyridine rings is 1. The molecule has 0 spiro atoms. The number of nitrogens with zero attached hydrogens (tertiary/aromatic N) is 5. The number of tetrazole rings is 1. The predicted octanol–water partition coefficient (Wildman–Crippen LogP) is 5.39. The minimum Gasteiger partial charge on any atom is -0.322 e. The molecule has 7 heteroatoms. The number of aryl methyl sites for hydroxylation is 2. The average Bonchev–Trinajstić information content (AvgIpc) is 3.57. The summed E-state index contributed by atoms with van der Waals surface area (Å²) >= 11 is 0. The number of fused-ring (bicyclic) bond motifs is 1. The van der Waals surface area contributed by atoms with Gasteiger partial charge in [-0.1, -0.05) is 39.5 Å². The summed E-state index contributed by atoms with van der Waals surface area (Å²) in [6.07, 6.45) is 9.60. The third-order valence-corrected chi connectivity index (χ3v) is 8.12. The number of hydrogen-bond acceptors (Lipinski definition) is 5. The fourth-order valence-electron chi connectivity index (χ4n) is 6.16. The molecule has 2 saturated carbocycles. The number of hydrogen-bond donors (Lipinski definition) is 1. The smallest absolute Gasteiger partial charge is 0.252 e. The van der Waals surface area contributed by atoms with Crippen LogP contribution in [0.2, 0.25) is 0 Å². The van der Waals surface area contributed by atoms with Crippen LogP contribution in [0.5, 0.6) is 0 Å². The lowest BCUT2D eigenvalue weighted by atomic mass is 9.97. The van der Waals surface area contributed by atoms with Crippen molar-refractivity contribution in [1.29, 1.82) is 0 Å². The van der Waals surface area contributed by atoms with Crippen LogP contribution in [0.3, 0.4) is 0 Å². The Morgan fingerprint density at radius 2 is 1.71 bits per heavy atom. The van der Waals surface area contributed by atoms with Gasteiger partial charge in [0.25, 0.3) is 5.56 Å². The SMILES string of the molecule is Cc1cc2cc(CN(C3CCCC3)[C@H](c3nnnn3C3CCCC3)C(C)C)c(=O)[nH]c2cc1C. The molecule has 1 N–H and O–H groups in total. The fourth-order valence-corrected chi connectivity index (χ4v) is 6.16. The van der Waals surface area contributed by atoms with E-state index in [1.165, 1.54) is 36.8 Å². The second kappa shape index (κ2) is 9.61. The zero-order valence-electron chi connectivity index (χ0n) is 21.0. The van der Waals surface area contributed by atoms with Gasteiger partial charge < -0.3 is 4.98 Å². The molecule has 34 heavy (non-hydrogen) atoms. The Morgan fingerprint density at radius 3 is 2.41 bits per heavy atom. The van der Waals surface area contributed by atoms with Crippen LogP contribution in [-0.4, -0.2) is 36.1 Å². The number of benzene rings is 1. The summed E-state index contributed by atoms with van der Waals surface area (Å²) in [6.45, 7) is 9.35. The van der Waals surface area contributed by atoms with E-state index in [-0.39, 0.29) is 11.6 Å². The van der Waals surface area contributed by atoms with Gasteiger partial charge in [-0.25, -0.2) is 4.68 Å². The zero-order chi connectivity index (χ0) is 23.8. The van der Waals surface area contributed by atoms with Gasteiger partial charge in [0.2, 0.25) is 0 Å². The van der Waals surface area contributed by atoms with Crippen LogP contribution in [0.15, 0.2) is 23.0 Å². The van der Waals surface area contributed by atoms with Crippen molar-refractivity contribution in [2.24, 2.45) is 5.92 Å². The number of H-pyrrole nitrogens is 1. The van der Waals surface area contributed by atoms with Crippen molar-refractivity contribution in [1.82, 2.24) is 30.1 Å². The molecule has 2 aliphatic rings. The summed E-state index contributed by atoms with van der Waals surface area (Å²) in [5, 5.41) is 14.3. The Kier molecular flexibility index (Phi) is 6.56. The first-order chi connectivity index (χ1) is 16.4. The number of rotatable bonds is 7. The van der Waals surface area contributed by atoms with Crippen molar-refractivity contribution < 1.29 is 0 Å². The molecule has 2 aliphatic carbocycles. The lowest BCUT2D eigenvalue weighted by Gasteiger charge is -2.38. The summed E-state index contributed by atoms with van der Waals surface area (Å²) in [5.41, 5.74) is 4.19.